The van der Waals surface area contributed by atoms with Crippen LogP contribution in [0.4, 0.5) is 5.82 Å². The van der Waals surface area contributed by atoms with E-state index in [4.69, 9.17) is 5.73 Å². The van der Waals surface area contributed by atoms with Gasteiger partial charge in [-0.15, -0.1) is 11.3 Å². The van der Waals surface area contributed by atoms with Crippen molar-refractivity contribution >= 4 is 23.1 Å². The maximum atomic E-state index is 11.9. The lowest BCUT2D eigenvalue weighted by Crippen LogP contribution is -2.27. The van der Waals surface area contributed by atoms with Crippen molar-refractivity contribution in [2.75, 3.05) is 5.73 Å². The first kappa shape index (κ1) is 13.4. The van der Waals surface area contributed by atoms with Crippen LogP contribution in [0.5, 0.6) is 0 Å². The molecule has 0 saturated carbocycles. The first-order chi connectivity index (χ1) is 9.10. The van der Waals surface area contributed by atoms with Crippen LogP contribution in [0.3, 0.4) is 0 Å². The molecule has 2 aromatic rings. The van der Waals surface area contributed by atoms with Gasteiger partial charge in [0.1, 0.15) is 16.5 Å². The summed E-state index contributed by atoms with van der Waals surface area (Å²) in [5.74, 6) is 0.00496. The molecule has 7 heteroatoms. The molecule has 2 heterocycles. The average molecular weight is 277 g/mol. The molecule has 19 heavy (non-hydrogen) atoms. The quantitative estimate of drug-likeness (QED) is 0.884. The molecular weight excluding hydrogens is 262 g/mol. The first-order valence-electron chi connectivity index (χ1n) is 5.93. The predicted octanol–water partition coefficient (Wildman–Crippen LogP) is 1.57. The largest absolute Gasteiger partial charge is 0.382 e. The van der Waals surface area contributed by atoms with Gasteiger partial charge in [-0.25, -0.2) is 15.0 Å². The molecule has 0 radical (unpaired) electrons. The zero-order valence-electron chi connectivity index (χ0n) is 10.8. The van der Waals surface area contributed by atoms with Crippen LogP contribution in [0.1, 0.15) is 40.3 Å². The van der Waals surface area contributed by atoms with E-state index < -0.39 is 0 Å². The van der Waals surface area contributed by atoms with Crippen LogP contribution < -0.4 is 11.1 Å². The second-order valence-electron chi connectivity index (χ2n) is 4.04. The number of anilines is 1. The van der Waals surface area contributed by atoms with Crippen LogP contribution in [0.2, 0.25) is 0 Å². The Hall–Kier alpha value is -2.02. The van der Waals surface area contributed by atoms with Gasteiger partial charge in [-0.2, -0.15) is 0 Å². The van der Waals surface area contributed by atoms with E-state index >= 15 is 0 Å². The molecule has 0 aliphatic rings. The van der Waals surface area contributed by atoms with Gasteiger partial charge in [0.25, 0.3) is 5.91 Å². The Labute approximate surface area is 115 Å². The normalized spacial score (nSPS) is 12.1. The molecule has 2 aromatic heterocycles. The van der Waals surface area contributed by atoms with Crippen molar-refractivity contribution in [2.24, 2.45) is 0 Å². The Balaban J connectivity index is 2.04. The van der Waals surface area contributed by atoms with Crippen LogP contribution >= 0.6 is 11.3 Å². The number of amides is 1. The monoisotopic (exact) mass is 277 g/mol. The number of nitrogens with zero attached hydrogens (tertiary/aromatic N) is 3. The maximum absolute atomic E-state index is 11.9. The summed E-state index contributed by atoms with van der Waals surface area (Å²) in [4.78, 5) is 25.2. The number of thiazole rings is 1. The van der Waals surface area contributed by atoms with Gasteiger partial charge < -0.3 is 11.1 Å². The van der Waals surface area contributed by atoms with Crippen molar-refractivity contribution in [2.45, 2.75) is 26.3 Å². The molecule has 100 valence electrons. The first-order valence-corrected chi connectivity index (χ1v) is 6.74. The van der Waals surface area contributed by atoms with E-state index in [1.54, 1.807) is 11.3 Å². The molecule has 3 N–H and O–H groups in total. The number of hydrogen-bond donors (Lipinski definition) is 2. The van der Waals surface area contributed by atoms with Gasteiger partial charge in [-0.3, -0.25) is 4.79 Å². The molecule has 1 atom stereocenters. The third-order valence-corrected chi connectivity index (χ3v) is 3.87. The van der Waals surface area contributed by atoms with Gasteiger partial charge in [0.15, 0.2) is 0 Å². The van der Waals surface area contributed by atoms with E-state index in [0.29, 0.717) is 0 Å². The number of nitrogens with one attached hydrogen (secondary N) is 1. The lowest BCUT2D eigenvalue weighted by Gasteiger charge is -2.10. The van der Waals surface area contributed by atoms with E-state index in [1.807, 2.05) is 13.1 Å². The molecule has 0 aliphatic carbocycles. The Kier molecular flexibility index (Phi) is 4.06. The number of nitrogen functional groups attached to an aromatic ring is 1. The zero-order chi connectivity index (χ0) is 13.8. The van der Waals surface area contributed by atoms with Crippen LogP contribution in [0.15, 0.2) is 18.6 Å². The lowest BCUT2D eigenvalue weighted by atomic mass is 10.3. The number of carbonyl (C=O) groups excluding carboxylic acids is 1. The third-order valence-electron chi connectivity index (χ3n) is 2.54. The minimum absolute atomic E-state index is 0.155. The maximum Gasteiger partial charge on any atom is 0.272 e. The van der Waals surface area contributed by atoms with Gasteiger partial charge in [-0.1, -0.05) is 6.92 Å². The van der Waals surface area contributed by atoms with E-state index in [2.05, 4.69) is 27.2 Å². The number of nitrogens with two attached hydrogens (primary N) is 1. The number of rotatable bonds is 4. The second-order valence-corrected chi connectivity index (χ2v) is 5.19. The molecule has 0 fully saturated rings. The van der Waals surface area contributed by atoms with Crippen LogP contribution in [0, 0.1) is 0 Å². The molecule has 6 nitrogen and oxygen atoms in total. The van der Waals surface area contributed by atoms with Gasteiger partial charge in [0.2, 0.25) is 0 Å². The van der Waals surface area contributed by atoms with E-state index in [-0.39, 0.29) is 23.5 Å². The Bertz CT molecular complexity index is 566. The summed E-state index contributed by atoms with van der Waals surface area (Å²) in [6.45, 7) is 3.96. The summed E-state index contributed by atoms with van der Waals surface area (Å²) in [7, 11) is 0. The van der Waals surface area contributed by atoms with Gasteiger partial charge in [0, 0.05) is 11.1 Å². The van der Waals surface area contributed by atoms with Crippen molar-refractivity contribution in [3.8, 4) is 0 Å². The summed E-state index contributed by atoms with van der Waals surface area (Å²) in [6, 6.07) is -0.155. The molecule has 0 saturated heterocycles. The highest BCUT2D eigenvalue weighted by atomic mass is 32.1. The standard InChI is InChI=1S/C12H15N5OS/c1-3-8-4-16-12(19-8)7(2)17-11(18)9-5-15-10(13)6-14-9/h4-7H,3H2,1-2H3,(H2,13,15)(H,17,18). The number of carbonyl (C=O) groups is 1. The molecule has 0 spiro atoms. The second kappa shape index (κ2) is 5.75. The molecule has 0 aromatic carbocycles. The van der Waals surface area contributed by atoms with Crippen molar-refractivity contribution < 1.29 is 4.79 Å². The summed E-state index contributed by atoms with van der Waals surface area (Å²) in [6.07, 6.45) is 5.50. The summed E-state index contributed by atoms with van der Waals surface area (Å²) in [5.41, 5.74) is 5.67. The highest BCUT2D eigenvalue weighted by molar-refractivity contribution is 7.11. The topological polar surface area (TPSA) is 93.8 Å². The van der Waals surface area contributed by atoms with E-state index in [0.717, 1.165) is 11.4 Å². The SMILES string of the molecule is CCc1cnc(C(C)NC(=O)c2cnc(N)cn2)s1. The molecular formula is C12H15N5OS. The van der Waals surface area contributed by atoms with Crippen LogP contribution in [-0.2, 0) is 6.42 Å². The average Bonchev–Trinajstić information content (AvgIpc) is 2.88. The smallest absolute Gasteiger partial charge is 0.272 e. The van der Waals surface area contributed by atoms with Crippen LogP contribution in [0.25, 0.3) is 0 Å². The Morgan fingerprint density at radius 3 is 2.74 bits per heavy atom. The van der Waals surface area contributed by atoms with Gasteiger partial charge in [0.05, 0.1) is 18.4 Å². The van der Waals surface area contributed by atoms with Crippen molar-refractivity contribution in [3.05, 3.63) is 34.2 Å². The molecule has 0 bridgehead atoms. The fourth-order valence-corrected chi connectivity index (χ4v) is 2.33. The van der Waals surface area contributed by atoms with Gasteiger partial charge >= 0.3 is 0 Å². The Morgan fingerprint density at radius 2 is 2.16 bits per heavy atom. The molecule has 1 amide bonds. The van der Waals surface area contributed by atoms with Crippen LogP contribution in [-0.4, -0.2) is 20.9 Å². The fraction of sp³-hybridized carbons (Fsp3) is 0.333. The highest BCUT2D eigenvalue weighted by Gasteiger charge is 2.15. The third kappa shape index (κ3) is 3.25. The van der Waals surface area contributed by atoms with Gasteiger partial charge in [-0.05, 0) is 13.3 Å². The predicted molar refractivity (Wildman–Crippen MR) is 73.8 cm³/mol. The number of hydrogen-bond acceptors (Lipinski definition) is 6. The minimum atomic E-state index is -0.284. The number of aromatic nitrogens is 3. The summed E-state index contributed by atoms with van der Waals surface area (Å²) < 4.78 is 0. The van der Waals surface area contributed by atoms with E-state index in [9.17, 15) is 4.79 Å². The van der Waals surface area contributed by atoms with Crippen molar-refractivity contribution in [1.82, 2.24) is 20.3 Å². The highest BCUT2D eigenvalue weighted by Crippen LogP contribution is 2.20. The molecule has 0 aliphatic heterocycles. The van der Waals surface area contributed by atoms with E-state index in [1.165, 1.54) is 17.3 Å². The molecule has 1 unspecified atom stereocenters. The number of aryl methyl sites for hydroxylation is 1. The summed E-state index contributed by atoms with van der Waals surface area (Å²) in [5, 5.41) is 3.72. The molecule has 2 rings (SSSR count). The Morgan fingerprint density at radius 1 is 1.37 bits per heavy atom. The summed E-state index contributed by atoms with van der Waals surface area (Å²) >= 11 is 1.60. The lowest BCUT2D eigenvalue weighted by molar-refractivity contribution is 0.0934. The minimum Gasteiger partial charge on any atom is -0.382 e. The fourth-order valence-electron chi connectivity index (χ4n) is 1.47. The zero-order valence-corrected chi connectivity index (χ0v) is 11.6. The van der Waals surface area contributed by atoms with Crippen molar-refractivity contribution in [1.29, 1.82) is 0 Å². The van der Waals surface area contributed by atoms with Crippen molar-refractivity contribution in [3.63, 3.8) is 0 Å².